The highest BCUT2D eigenvalue weighted by atomic mass is 16.7. The van der Waals surface area contributed by atoms with Crippen molar-refractivity contribution < 1.29 is 9.47 Å². The predicted octanol–water partition coefficient (Wildman–Crippen LogP) is 0.653. The Labute approximate surface area is 67.2 Å². The molecule has 0 amide bonds. The first-order valence-electron chi connectivity index (χ1n) is 3.84. The van der Waals surface area contributed by atoms with E-state index in [-0.39, 0.29) is 12.3 Å². The van der Waals surface area contributed by atoms with Crippen molar-refractivity contribution in [3.8, 4) is 0 Å². The van der Waals surface area contributed by atoms with Gasteiger partial charge in [0.05, 0.1) is 13.2 Å². The first kappa shape index (κ1) is 8.71. The molecule has 3 nitrogen and oxygen atoms in total. The van der Waals surface area contributed by atoms with E-state index >= 15 is 0 Å². The van der Waals surface area contributed by atoms with Crippen LogP contribution in [0.5, 0.6) is 0 Å². The molecule has 0 aromatic rings. The molecule has 1 aliphatic heterocycles. The number of nitrogens with two attached hydrogens (primary N) is 1. The van der Waals surface area contributed by atoms with E-state index in [2.05, 4.69) is 6.58 Å². The highest BCUT2D eigenvalue weighted by Gasteiger charge is 2.19. The fourth-order valence-corrected chi connectivity index (χ4v) is 0.952. The van der Waals surface area contributed by atoms with Gasteiger partial charge in [0.1, 0.15) is 0 Å². The van der Waals surface area contributed by atoms with Crippen LogP contribution >= 0.6 is 0 Å². The van der Waals surface area contributed by atoms with Gasteiger partial charge >= 0.3 is 0 Å². The second-order valence-electron chi connectivity index (χ2n) is 2.86. The van der Waals surface area contributed by atoms with Crippen LogP contribution in [0.1, 0.15) is 13.3 Å². The van der Waals surface area contributed by atoms with Crippen molar-refractivity contribution in [2.75, 3.05) is 13.2 Å². The maximum atomic E-state index is 5.74. The Morgan fingerprint density at radius 2 is 2.18 bits per heavy atom. The van der Waals surface area contributed by atoms with Crippen LogP contribution in [0.25, 0.3) is 0 Å². The largest absolute Gasteiger partial charge is 0.350 e. The van der Waals surface area contributed by atoms with Gasteiger partial charge in [0.15, 0.2) is 6.29 Å². The SMILES string of the molecule is C=C(C)C(N)CC1OCCO1. The van der Waals surface area contributed by atoms with Gasteiger partial charge in [-0.1, -0.05) is 12.2 Å². The molecule has 64 valence electrons. The smallest absolute Gasteiger partial charge is 0.159 e. The number of hydrogen-bond donors (Lipinski definition) is 1. The van der Waals surface area contributed by atoms with Crippen molar-refractivity contribution in [1.82, 2.24) is 0 Å². The minimum atomic E-state index is -0.110. The van der Waals surface area contributed by atoms with E-state index in [9.17, 15) is 0 Å². The lowest BCUT2D eigenvalue weighted by Gasteiger charge is -2.14. The minimum absolute atomic E-state index is 0.00176. The van der Waals surface area contributed by atoms with Gasteiger partial charge in [-0.25, -0.2) is 0 Å². The lowest BCUT2D eigenvalue weighted by Crippen LogP contribution is -2.27. The van der Waals surface area contributed by atoms with Crippen LogP contribution in [-0.4, -0.2) is 25.5 Å². The molecule has 1 aliphatic rings. The minimum Gasteiger partial charge on any atom is -0.350 e. The number of rotatable bonds is 3. The van der Waals surface area contributed by atoms with Gasteiger partial charge in [-0.3, -0.25) is 0 Å². The zero-order valence-corrected chi connectivity index (χ0v) is 6.88. The summed E-state index contributed by atoms with van der Waals surface area (Å²) in [5.74, 6) is 0. The summed E-state index contributed by atoms with van der Waals surface area (Å²) in [6, 6.07) is -0.00176. The molecule has 1 rings (SSSR count). The molecule has 11 heavy (non-hydrogen) atoms. The van der Waals surface area contributed by atoms with E-state index in [1.807, 2.05) is 6.92 Å². The van der Waals surface area contributed by atoms with Gasteiger partial charge in [-0.05, 0) is 6.92 Å². The van der Waals surface area contributed by atoms with E-state index in [0.717, 1.165) is 12.0 Å². The lowest BCUT2D eigenvalue weighted by atomic mass is 10.1. The van der Waals surface area contributed by atoms with Crippen molar-refractivity contribution >= 4 is 0 Å². The summed E-state index contributed by atoms with van der Waals surface area (Å²) in [6.07, 6.45) is 0.608. The monoisotopic (exact) mass is 157 g/mol. The summed E-state index contributed by atoms with van der Waals surface area (Å²) < 4.78 is 10.5. The van der Waals surface area contributed by atoms with Crippen molar-refractivity contribution in [1.29, 1.82) is 0 Å². The molecular weight excluding hydrogens is 142 g/mol. The van der Waals surface area contributed by atoms with Crippen LogP contribution < -0.4 is 5.73 Å². The summed E-state index contributed by atoms with van der Waals surface area (Å²) >= 11 is 0. The average Bonchev–Trinajstić information content (AvgIpc) is 2.39. The fourth-order valence-electron chi connectivity index (χ4n) is 0.952. The Bertz CT molecular complexity index is 141. The van der Waals surface area contributed by atoms with Crippen LogP contribution in [0.4, 0.5) is 0 Å². The molecule has 1 saturated heterocycles. The molecule has 1 unspecified atom stereocenters. The molecule has 0 radical (unpaired) electrons. The molecule has 0 saturated carbocycles. The Morgan fingerprint density at radius 1 is 1.64 bits per heavy atom. The molecule has 3 heteroatoms. The summed E-state index contributed by atoms with van der Waals surface area (Å²) in [4.78, 5) is 0. The molecular formula is C8H15NO2. The molecule has 0 aromatic heterocycles. The zero-order valence-electron chi connectivity index (χ0n) is 6.88. The Kier molecular flexibility index (Phi) is 3.05. The van der Waals surface area contributed by atoms with Crippen LogP contribution in [0.2, 0.25) is 0 Å². The van der Waals surface area contributed by atoms with E-state index in [0.29, 0.717) is 13.2 Å². The molecule has 0 aromatic carbocycles. The Morgan fingerprint density at radius 3 is 2.64 bits per heavy atom. The third-order valence-corrected chi connectivity index (χ3v) is 1.77. The third-order valence-electron chi connectivity index (χ3n) is 1.77. The van der Waals surface area contributed by atoms with Gasteiger partial charge in [-0.15, -0.1) is 0 Å². The van der Waals surface area contributed by atoms with Crippen LogP contribution in [0.3, 0.4) is 0 Å². The van der Waals surface area contributed by atoms with Crippen molar-refractivity contribution in [2.45, 2.75) is 25.7 Å². The molecule has 1 heterocycles. The first-order valence-corrected chi connectivity index (χ1v) is 3.84. The summed E-state index contributed by atoms with van der Waals surface area (Å²) in [6.45, 7) is 7.05. The second-order valence-corrected chi connectivity index (χ2v) is 2.86. The van der Waals surface area contributed by atoms with E-state index in [4.69, 9.17) is 15.2 Å². The topological polar surface area (TPSA) is 44.5 Å². The van der Waals surface area contributed by atoms with Crippen molar-refractivity contribution in [2.24, 2.45) is 5.73 Å². The highest BCUT2D eigenvalue weighted by Crippen LogP contribution is 2.12. The zero-order chi connectivity index (χ0) is 8.27. The second kappa shape index (κ2) is 3.85. The predicted molar refractivity (Wildman–Crippen MR) is 43.1 cm³/mol. The van der Waals surface area contributed by atoms with Gasteiger partial charge in [0, 0.05) is 12.5 Å². The normalized spacial score (nSPS) is 22.0. The van der Waals surface area contributed by atoms with Gasteiger partial charge in [0.2, 0.25) is 0 Å². The van der Waals surface area contributed by atoms with Crippen LogP contribution in [0, 0.1) is 0 Å². The quantitative estimate of drug-likeness (QED) is 0.612. The van der Waals surface area contributed by atoms with E-state index in [1.165, 1.54) is 0 Å². The van der Waals surface area contributed by atoms with Gasteiger partial charge in [0.25, 0.3) is 0 Å². The lowest BCUT2D eigenvalue weighted by molar-refractivity contribution is -0.0486. The van der Waals surface area contributed by atoms with Gasteiger partial charge in [-0.2, -0.15) is 0 Å². The fraction of sp³-hybridized carbons (Fsp3) is 0.750. The third kappa shape index (κ3) is 2.61. The standard InChI is InChI=1S/C8H15NO2/c1-6(2)7(9)5-8-10-3-4-11-8/h7-8H,1,3-5,9H2,2H3. The first-order chi connectivity index (χ1) is 5.20. The maximum Gasteiger partial charge on any atom is 0.159 e. The highest BCUT2D eigenvalue weighted by molar-refractivity contribution is 4.99. The average molecular weight is 157 g/mol. The van der Waals surface area contributed by atoms with E-state index < -0.39 is 0 Å². The molecule has 1 atom stereocenters. The number of hydrogen-bond acceptors (Lipinski definition) is 3. The molecule has 2 N–H and O–H groups in total. The molecule has 0 aliphatic carbocycles. The summed E-state index contributed by atoms with van der Waals surface area (Å²) in [7, 11) is 0. The van der Waals surface area contributed by atoms with Crippen molar-refractivity contribution in [3.05, 3.63) is 12.2 Å². The Hall–Kier alpha value is -0.380. The van der Waals surface area contributed by atoms with Crippen molar-refractivity contribution in [3.63, 3.8) is 0 Å². The van der Waals surface area contributed by atoms with Crippen LogP contribution in [0.15, 0.2) is 12.2 Å². The maximum absolute atomic E-state index is 5.74. The summed E-state index contributed by atoms with van der Waals surface area (Å²) in [5, 5.41) is 0. The molecule has 0 spiro atoms. The Balaban J connectivity index is 2.23. The van der Waals surface area contributed by atoms with Crippen LogP contribution in [-0.2, 0) is 9.47 Å². The molecule has 1 fully saturated rings. The van der Waals surface area contributed by atoms with Gasteiger partial charge < -0.3 is 15.2 Å². The van der Waals surface area contributed by atoms with E-state index in [1.54, 1.807) is 0 Å². The summed E-state index contributed by atoms with van der Waals surface area (Å²) in [5.41, 5.74) is 6.71. The number of ether oxygens (including phenoxy) is 2. The molecule has 0 bridgehead atoms.